The topological polar surface area (TPSA) is 125 Å². The molecule has 0 saturated heterocycles. The number of nitrogens with two attached hydrogens (primary N) is 1. The Morgan fingerprint density at radius 2 is 2.16 bits per heavy atom. The molecule has 0 bridgehead atoms. The van der Waals surface area contributed by atoms with E-state index in [9.17, 15) is 9.59 Å². The van der Waals surface area contributed by atoms with Crippen LogP contribution in [0.4, 0.5) is 5.00 Å². The molecule has 160 valence electrons. The van der Waals surface area contributed by atoms with Gasteiger partial charge in [-0.15, -0.1) is 32.9 Å². The predicted octanol–water partition coefficient (Wildman–Crippen LogP) is 3.95. The number of nitrogens with one attached hydrogen (secondary N) is 1. The fraction of sp³-hybridized carbons (Fsp3) is 0.158. The molecule has 31 heavy (non-hydrogen) atoms. The van der Waals surface area contributed by atoms with Crippen molar-refractivity contribution in [3.63, 3.8) is 0 Å². The van der Waals surface area contributed by atoms with Gasteiger partial charge in [-0.1, -0.05) is 17.8 Å². The van der Waals surface area contributed by atoms with Gasteiger partial charge in [0.1, 0.15) is 16.3 Å². The van der Waals surface area contributed by atoms with Gasteiger partial charge in [-0.25, -0.2) is 9.47 Å². The number of thiophene rings is 2. The number of nitrogen functional groups attached to an aromatic ring is 1. The van der Waals surface area contributed by atoms with E-state index in [-0.39, 0.29) is 23.8 Å². The summed E-state index contributed by atoms with van der Waals surface area (Å²) >= 11 is 3.87. The molecule has 4 rings (SSSR count). The second-order valence-corrected chi connectivity index (χ2v) is 8.81. The van der Waals surface area contributed by atoms with Crippen molar-refractivity contribution in [2.24, 2.45) is 0 Å². The summed E-state index contributed by atoms with van der Waals surface area (Å²) in [4.78, 5) is 26.0. The predicted molar refractivity (Wildman–Crippen MR) is 121 cm³/mol. The van der Waals surface area contributed by atoms with Crippen molar-refractivity contribution >= 4 is 51.3 Å². The third-order valence-electron chi connectivity index (χ3n) is 4.05. The molecule has 0 aliphatic carbocycles. The maximum absolute atomic E-state index is 12.6. The molecule has 1 amide bonds. The van der Waals surface area contributed by atoms with Crippen molar-refractivity contribution in [3.05, 3.63) is 46.9 Å². The Labute approximate surface area is 189 Å². The molecule has 4 heterocycles. The van der Waals surface area contributed by atoms with E-state index in [0.717, 1.165) is 16.6 Å². The summed E-state index contributed by atoms with van der Waals surface area (Å²) in [7, 11) is 0. The van der Waals surface area contributed by atoms with Gasteiger partial charge in [0, 0.05) is 10.9 Å². The van der Waals surface area contributed by atoms with Crippen LogP contribution in [-0.2, 0) is 9.53 Å². The molecule has 4 aromatic heterocycles. The van der Waals surface area contributed by atoms with E-state index in [1.807, 2.05) is 17.5 Å². The first-order valence-electron chi connectivity index (χ1n) is 9.08. The van der Waals surface area contributed by atoms with Crippen molar-refractivity contribution in [2.75, 3.05) is 23.5 Å². The minimum absolute atomic E-state index is 0.0377. The lowest BCUT2D eigenvalue weighted by atomic mass is 10.1. The van der Waals surface area contributed by atoms with E-state index in [0.29, 0.717) is 27.3 Å². The molecule has 0 unspecified atom stereocenters. The Bertz CT molecular complexity index is 1180. The van der Waals surface area contributed by atoms with Gasteiger partial charge in [0.25, 0.3) is 0 Å². The van der Waals surface area contributed by atoms with Gasteiger partial charge in [0.05, 0.1) is 23.5 Å². The monoisotopic (exact) mass is 475 g/mol. The zero-order valence-corrected chi connectivity index (χ0v) is 18.7. The molecule has 0 aliphatic heterocycles. The van der Waals surface area contributed by atoms with Gasteiger partial charge in [-0.2, -0.15) is 0 Å². The van der Waals surface area contributed by atoms with E-state index in [4.69, 9.17) is 15.0 Å². The fourth-order valence-electron chi connectivity index (χ4n) is 2.71. The standard InChI is InChI=1S/C19H17N5O4S3/c1-2-27-18(26)15-11(12-5-3-7-28-12)9-30-17(15)21-14(25)10-31-19-23-22-16(24(19)20)13-6-4-8-29-13/h3-9H,2,10,20H2,1H3,(H,21,25). The average Bonchev–Trinajstić information content (AvgIpc) is 3.53. The SMILES string of the molecule is CCOC(=O)c1c(-c2ccco2)csc1NC(=O)CSc1nnc(-c2cccs2)n1N. The average molecular weight is 476 g/mol. The van der Waals surface area contributed by atoms with Crippen molar-refractivity contribution in [1.82, 2.24) is 14.9 Å². The molecular weight excluding hydrogens is 458 g/mol. The highest BCUT2D eigenvalue weighted by molar-refractivity contribution is 7.99. The summed E-state index contributed by atoms with van der Waals surface area (Å²) in [5.74, 6) is 6.31. The molecule has 12 heteroatoms. The highest BCUT2D eigenvalue weighted by Gasteiger charge is 2.24. The van der Waals surface area contributed by atoms with Gasteiger partial charge in [-0.05, 0) is 30.5 Å². The first-order chi connectivity index (χ1) is 15.1. The zero-order chi connectivity index (χ0) is 21.8. The molecule has 0 spiro atoms. The third-order valence-corrected chi connectivity index (χ3v) is 6.75. The van der Waals surface area contributed by atoms with Crippen molar-refractivity contribution < 1.29 is 18.7 Å². The number of furan rings is 1. The van der Waals surface area contributed by atoms with Crippen molar-refractivity contribution in [1.29, 1.82) is 0 Å². The normalized spacial score (nSPS) is 10.9. The minimum Gasteiger partial charge on any atom is -0.464 e. The second-order valence-electron chi connectivity index (χ2n) is 6.04. The number of ether oxygens (including phenoxy) is 1. The first kappa shape index (κ1) is 21.2. The molecule has 3 N–H and O–H groups in total. The smallest absolute Gasteiger partial charge is 0.341 e. The van der Waals surface area contributed by atoms with Crippen molar-refractivity contribution in [3.8, 4) is 22.0 Å². The maximum atomic E-state index is 12.6. The van der Waals surface area contributed by atoms with Gasteiger partial charge >= 0.3 is 5.97 Å². The Kier molecular flexibility index (Phi) is 6.39. The van der Waals surface area contributed by atoms with E-state index >= 15 is 0 Å². The van der Waals surface area contributed by atoms with Gasteiger partial charge < -0.3 is 20.3 Å². The van der Waals surface area contributed by atoms with Crippen LogP contribution < -0.4 is 11.2 Å². The highest BCUT2D eigenvalue weighted by atomic mass is 32.2. The molecule has 0 aromatic carbocycles. The Hall–Kier alpha value is -3.09. The summed E-state index contributed by atoms with van der Waals surface area (Å²) in [5, 5.41) is 15.4. The van der Waals surface area contributed by atoms with Crippen LogP contribution in [-0.4, -0.2) is 39.1 Å². The van der Waals surface area contributed by atoms with Crippen LogP contribution in [0, 0.1) is 0 Å². The summed E-state index contributed by atoms with van der Waals surface area (Å²) in [5.41, 5.74) is 0.834. The number of esters is 1. The van der Waals surface area contributed by atoms with E-state index < -0.39 is 5.97 Å². The summed E-state index contributed by atoms with van der Waals surface area (Å²) in [6.07, 6.45) is 1.52. The molecule has 4 aromatic rings. The summed E-state index contributed by atoms with van der Waals surface area (Å²) in [6, 6.07) is 7.26. The molecule has 0 radical (unpaired) electrons. The quantitative estimate of drug-likeness (QED) is 0.223. The number of amides is 1. The van der Waals surface area contributed by atoms with Gasteiger partial charge in [-0.3, -0.25) is 4.79 Å². The second kappa shape index (κ2) is 9.37. The summed E-state index contributed by atoms with van der Waals surface area (Å²) in [6.45, 7) is 1.94. The van der Waals surface area contributed by atoms with Gasteiger partial charge in [0.15, 0.2) is 5.82 Å². The number of hydrogen-bond acceptors (Lipinski definition) is 10. The Balaban J connectivity index is 1.47. The number of carbonyl (C=O) groups excluding carboxylic acids is 2. The van der Waals surface area contributed by atoms with Crippen LogP contribution in [0.25, 0.3) is 22.0 Å². The molecule has 0 fully saturated rings. The molecule has 0 aliphatic rings. The molecule has 0 atom stereocenters. The Morgan fingerprint density at radius 1 is 1.29 bits per heavy atom. The number of hydrogen-bond donors (Lipinski definition) is 2. The maximum Gasteiger partial charge on any atom is 0.341 e. The van der Waals surface area contributed by atoms with Crippen LogP contribution in [0.3, 0.4) is 0 Å². The van der Waals surface area contributed by atoms with Crippen molar-refractivity contribution in [2.45, 2.75) is 12.1 Å². The minimum atomic E-state index is -0.527. The van der Waals surface area contributed by atoms with Gasteiger partial charge in [0.2, 0.25) is 11.1 Å². The highest BCUT2D eigenvalue weighted by Crippen LogP contribution is 2.36. The third kappa shape index (κ3) is 4.50. The lowest BCUT2D eigenvalue weighted by molar-refractivity contribution is -0.113. The fourth-order valence-corrected chi connectivity index (χ4v) is 5.03. The van der Waals surface area contributed by atoms with Crippen LogP contribution in [0.15, 0.2) is 50.9 Å². The Morgan fingerprint density at radius 3 is 2.87 bits per heavy atom. The number of nitrogens with zero attached hydrogens (tertiary/aromatic N) is 3. The van der Waals surface area contributed by atoms with Crippen LogP contribution in [0.2, 0.25) is 0 Å². The van der Waals surface area contributed by atoms with E-state index in [2.05, 4.69) is 15.5 Å². The van der Waals surface area contributed by atoms with E-state index in [1.54, 1.807) is 24.4 Å². The van der Waals surface area contributed by atoms with Crippen LogP contribution >= 0.6 is 34.4 Å². The van der Waals surface area contributed by atoms with E-state index in [1.165, 1.54) is 33.6 Å². The molecular formula is C19H17N5O4S3. The number of carbonyl (C=O) groups is 2. The molecule has 9 nitrogen and oxygen atoms in total. The largest absolute Gasteiger partial charge is 0.464 e. The number of rotatable bonds is 8. The number of anilines is 1. The summed E-state index contributed by atoms with van der Waals surface area (Å²) < 4.78 is 11.9. The van der Waals surface area contributed by atoms with Crippen LogP contribution in [0.5, 0.6) is 0 Å². The lowest BCUT2D eigenvalue weighted by Crippen LogP contribution is -2.17. The lowest BCUT2D eigenvalue weighted by Gasteiger charge is -2.08. The van der Waals surface area contributed by atoms with Crippen LogP contribution in [0.1, 0.15) is 17.3 Å². The number of thioether (sulfide) groups is 1. The number of aromatic nitrogens is 3. The molecule has 0 saturated carbocycles. The zero-order valence-electron chi connectivity index (χ0n) is 16.2. The first-order valence-corrected chi connectivity index (χ1v) is 11.8.